The van der Waals surface area contributed by atoms with Crippen molar-refractivity contribution >= 4 is 35.0 Å². The molecule has 1 aromatic heterocycles. The Hall–Kier alpha value is -3.29. The zero-order chi connectivity index (χ0) is 22.1. The Morgan fingerprint density at radius 1 is 1.13 bits per heavy atom. The summed E-state index contributed by atoms with van der Waals surface area (Å²) in [6.45, 7) is 4.01. The molecule has 3 N–H and O–H groups in total. The van der Waals surface area contributed by atoms with E-state index in [9.17, 15) is 19.2 Å². The van der Waals surface area contributed by atoms with Gasteiger partial charge in [-0.1, -0.05) is 32.0 Å². The van der Waals surface area contributed by atoms with Gasteiger partial charge < -0.3 is 20.5 Å². The number of fused-ring (bicyclic) bond motifs is 1. The molecule has 8 nitrogen and oxygen atoms in total. The van der Waals surface area contributed by atoms with Crippen LogP contribution in [-0.4, -0.2) is 46.7 Å². The Morgan fingerprint density at radius 2 is 1.90 bits per heavy atom. The first-order valence-electron chi connectivity index (χ1n) is 9.88. The number of hydrogen-bond acceptors (Lipinski definition) is 5. The normalized spacial score (nSPS) is 12.9. The van der Waals surface area contributed by atoms with Gasteiger partial charge in [0, 0.05) is 30.5 Å². The number of hydrogen-bond donors (Lipinski definition) is 3. The molecule has 160 valence electrons. The van der Waals surface area contributed by atoms with Crippen LogP contribution in [0.25, 0.3) is 10.9 Å². The minimum Gasteiger partial charge on any atom is -0.481 e. The first-order chi connectivity index (χ1) is 14.3. The number of nitrogens with one attached hydrogen (secondary N) is 2. The van der Waals surface area contributed by atoms with Crippen LogP contribution < -0.4 is 10.6 Å². The summed E-state index contributed by atoms with van der Waals surface area (Å²) in [7, 11) is 0. The maximum atomic E-state index is 12.5. The van der Waals surface area contributed by atoms with Crippen LogP contribution in [0, 0.1) is 11.8 Å². The van der Waals surface area contributed by atoms with Crippen LogP contribution in [0.3, 0.4) is 0 Å². The Morgan fingerprint density at radius 3 is 2.57 bits per heavy atom. The second-order valence-corrected chi connectivity index (χ2v) is 7.49. The molecule has 2 amide bonds. The van der Waals surface area contributed by atoms with Gasteiger partial charge in [-0.3, -0.25) is 19.4 Å². The highest BCUT2D eigenvalue weighted by Gasteiger charge is 2.27. The molecule has 0 radical (unpaired) electrons. The maximum absolute atomic E-state index is 12.5. The van der Waals surface area contributed by atoms with Gasteiger partial charge in [-0.05, 0) is 30.0 Å². The molecular weight excluding hydrogens is 386 g/mol. The number of carbonyl (C=O) groups is 4. The lowest BCUT2D eigenvalue weighted by Gasteiger charge is -2.21. The van der Waals surface area contributed by atoms with E-state index in [2.05, 4.69) is 15.6 Å². The van der Waals surface area contributed by atoms with Gasteiger partial charge in [0.1, 0.15) is 6.29 Å². The molecule has 1 heterocycles. The fourth-order valence-corrected chi connectivity index (χ4v) is 3.24. The predicted octanol–water partition coefficient (Wildman–Crippen LogP) is 1.71. The number of nitrogens with zero attached hydrogens (tertiary/aromatic N) is 1. The van der Waals surface area contributed by atoms with E-state index in [0.29, 0.717) is 19.3 Å². The summed E-state index contributed by atoms with van der Waals surface area (Å²) in [5, 5.41) is 15.1. The van der Waals surface area contributed by atoms with Crippen molar-refractivity contribution in [3.63, 3.8) is 0 Å². The van der Waals surface area contributed by atoms with Crippen molar-refractivity contribution < 1.29 is 24.3 Å². The lowest BCUT2D eigenvalue weighted by atomic mass is 9.91. The Balaban J connectivity index is 1.91. The summed E-state index contributed by atoms with van der Waals surface area (Å²) in [5.74, 6) is -2.78. The Bertz CT molecular complexity index is 907. The number of amides is 2. The predicted molar refractivity (Wildman–Crippen MR) is 112 cm³/mol. The largest absolute Gasteiger partial charge is 0.481 e. The van der Waals surface area contributed by atoms with Crippen molar-refractivity contribution in [2.75, 3.05) is 6.54 Å². The van der Waals surface area contributed by atoms with Crippen molar-refractivity contribution in [2.24, 2.45) is 11.8 Å². The van der Waals surface area contributed by atoms with Crippen molar-refractivity contribution in [3.05, 3.63) is 42.1 Å². The lowest BCUT2D eigenvalue weighted by Crippen LogP contribution is -2.44. The van der Waals surface area contributed by atoms with Gasteiger partial charge >= 0.3 is 5.97 Å². The fraction of sp³-hybridized carbons (Fsp3) is 0.409. The first-order valence-corrected chi connectivity index (χ1v) is 9.88. The number of carboxylic acids is 1. The maximum Gasteiger partial charge on any atom is 0.305 e. The van der Waals surface area contributed by atoms with Gasteiger partial charge in [-0.2, -0.15) is 0 Å². The second-order valence-electron chi connectivity index (χ2n) is 7.49. The van der Waals surface area contributed by atoms with E-state index in [1.54, 1.807) is 20.0 Å². The molecule has 0 aliphatic rings. The number of aldehydes is 1. The van der Waals surface area contributed by atoms with Crippen LogP contribution in [0.1, 0.15) is 32.3 Å². The second kappa shape index (κ2) is 11.0. The van der Waals surface area contributed by atoms with E-state index >= 15 is 0 Å². The number of pyridine rings is 1. The van der Waals surface area contributed by atoms with Crippen LogP contribution in [0.5, 0.6) is 0 Å². The third-order valence-corrected chi connectivity index (χ3v) is 4.89. The van der Waals surface area contributed by atoms with Crippen LogP contribution in [0.4, 0.5) is 0 Å². The average Bonchev–Trinajstić information content (AvgIpc) is 2.71. The molecule has 0 spiro atoms. The van der Waals surface area contributed by atoms with Crippen molar-refractivity contribution in [1.82, 2.24) is 15.6 Å². The smallest absolute Gasteiger partial charge is 0.305 e. The highest BCUT2D eigenvalue weighted by atomic mass is 16.4. The van der Waals surface area contributed by atoms with Crippen LogP contribution in [0.2, 0.25) is 0 Å². The third kappa shape index (κ3) is 6.65. The van der Waals surface area contributed by atoms with Crippen LogP contribution in [-0.2, 0) is 25.6 Å². The van der Waals surface area contributed by atoms with E-state index in [1.165, 1.54) is 0 Å². The molecule has 2 rings (SSSR count). The fourth-order valence-electron chi connectivity index (χ4n) is 3.24. The molecular formula is C22H27N3O5. The molecule has 1 aromatic carbocycles. The number of rotatable bonds is 11. The number of carboxylic acid groups (broad SMARTS) is 1. The van der Waals surface area contributed by atoms with Gasteiger partial charge in [-0.25, -0.2) is 0 Å². The van der Waals surface area contributed by atoms with Crippen LogP contribution >= 0.6 is 0 Å². The molecule has 0 aliphatic carbocycles. The first kappa shape index (κ1) is 23.0. The quantitative estimate of drug-likeness (QED) is 0.482. The summed E-state index contributed by atoms with van der Waals surface area (Å²) in [6.07, 6.45) is 2.21. The highest BCUT2D eigenvalue weighted by molar-refractivity contribution is 5.88. The van der Waals surface area contributed by atoms with E-state index in [1.807, 2.05) is 30.3 Å². The van der Waals surface area contributed by atoms with Crippen molar-refractivity contribution in [2.45, 2.75) is 39.2 Å². The summed E-state index contributed by atoms with van der Waals surface area (Å²) in [4.78, 5) is 50.9. The van der Waals surface area contributed by atoms with Crippen molar-refractivity contribution in [3.8, 4) is 0 Å². The molecule has 0 bridgehead atoms. The van der Waals surface area contributed by atoms with E-state index in [-0.39, 0.29) is 18.2 Å². The van der Waals surface area contributed by atoms with E-state index in [4.69, 9.17) is 5.11 Å². The van der Waals surface area contributed by atoms with Crippen molar-refractivity contribution in [1.29, 1.82) is 0 Å². The SMILES string of the molecule is CC(C)[C@H](CC(=O)NCCc1cccc2ncccc12)C(=O)N[C@H](C=O)CC(=O)O. The molecule has 0 aliphatic heterocycles. The summed E-state index contributed by atoms with van der Waals surface area (Å²) < 4.78 is 0. The summed E-state index contributed by atoms with van der Waals surface area (Å²) in [6, 6.07) is 8.58. The number of aromatic nitrogens is 1. The zero-order valence-electron chi connectivity index (χ0n) is 17.1. The molecule has 0 unspecified atom stereocenters. The van der Waals surface area contributed by atoms with E-state index < -0.39 is 30.3 Å². The molecule has 2 atom stereocenters. The Kier molecular flexibility index (Phi) is 8.46. The van der Waals surface area contributed by atoms with Crippen LogP contribution in [0.15, 0.2) is 36.5 Å². The van der Waals surface area contributed by atoms with Gasteiger partial charge in [0.15, 0.2) is 0 Å². The number of carbonyl (C=O) groups excluding carboxylic acids is 3. The minimum absolute atomic E-state index is 0.0424. The van der Waals surface area contributed by atoms with Gasteiger partial charge in [-0.15, -0.1) is 0 Å². The standard InChI is InChI=1S/C22H27N3O5/c1-14(2)18(22(30)25-16(13-26)11-21(28)29)12-20(27)24-10-8-15-5-3-7-19-17(15)6-4-9-23-19/h3-7,9,13-14,16,18H,8,10-12H2,1-2H3,(H,24,27)(H,25,30)(H,28,29)/t16-,18-/m0/s1. The molecule has 2 aromatic rings. The molecule has 0 fully saturated rings. The van der Waals surface area contributed by atoms with Gasteiger partial charge in [0.2, 0.25) is 11.8 Å². The van der Waals surface area contributed by atoms with E-state index in [0.717, 1.165) is 16.5 Å². The lowest BCUT2D eigenvalue weighted by molar-refractivity contribution is -0.139. The number of benzene rings is 1. The van der Waals surface area contributed by atoms with Gasteiger partial charge in [0.25, 0.3) is 0 Å². The summed E-state index contributed by atoms with van der Waals surface area (Å²) in [5.41, 5.74) is 1.96. The zero-order valence-corrected chi connectivity index (χ0v) is 17.1. The van der Waals surface area contributed by atoms with Gasteiger partial charge in [0.05, 0.1) is 18.0 Å². The summed E-state index contributed by atoms with van der Waals surface area (Å²) >= 11 is 0. The molecule has 0 saturated carbocycles. The molecule has 30 heavy (non-hydrogen) atoms. The minimum atomic E-state index is -1.19. The molecule has 0 saturated heterocycles. The molecule has 8 heteroatoms. The third-order valence-electron chi connectivity index (χ3n) is 4.89. The average molecular weight is 413 g/mol. The highest BCUT2D eigenvalue weighted by Crippen LogP contribution is 2.18. The monoisotopic (exact) mass is 413 g/mol. The topological polar surface area (TPSA) is 125 Å². The number of aliphatic carboxylic acids is 1. The Labute approximate surface area is 175 Å².